The molecule has 2 aromatic heterocycles. The van der Waals surface area contributed by atoms with Crippen LogP contribution in [0.5, 0.6) is 0 Å². The van der Waals surface area contributed by atoms with Crippen molar-refractivity contribution < 1.29 is 4.74 Å². The van der Waals surface area contributed by atoms with Crippen molar-refractivity contribution in [3.8, 4) is 28.7 Å². The van der Waals surface area contributed by atoms with Crippen molar-refractivity contribution in [1.82, 2.24) is 19.9 Å². The quantitative estimate of drug-likeness (QED) is 0.633. The van der Waals surface area contributed by atoms with Gasteiger partial charge in [-0.1, -0.05) is 0 Å². The monoisotopic (exact) mass is 426 g/mol. The lowest BCUT2D eigenvalue weighted by atomic mass is 10.0. The maximum absolute atomic E-state index is 9.12. The molecule has 4 heterocycles. The van der Waals surface area contributed by atoms with Crippen LogP contribution in [-0.2, 0) is 4.74 Å². The van der Waals surface area contributed by atoms with Crippen molar-refractivity contribution in [3.63, 3.8) is 0 Å². The summed E-state index contributed by atoms with van der Waals surface area (Å²) in [6.45, 7) is 5.69. The standard InChI is InChI=1S/C25H26N6O/c26-17-19-3-5-20(6-4-19)25-28-23(21-2-1-9-27-18-21)16-24(29-25)31-10-7-22(8-11-31)30-12-14-32-15-13-30/h1-6,9,16,18,22H,7-8,10-15H2. The number of aromatic nitrogens is 3. The Bertz CT molecular complexity index is 1080. The summed E-state index contributed by atoms with van der Waals surface area (Å²) >= 11 is 0. The van der Waals surface area contributed by atoms with E-state index in [9.17, 15) is 0 Å². The number of anilines is 1. The molecule has 0 radical (unpaired) electrons. The fourth-order valence-electron chi connectivity index (χ4n) is 4.48. The second-order valence-corrected chi connectivity index (χ2v) is 8.23. The normalized spacial score (nSPS) is 17.8. The second kappa shape index (κ2) is 9.43. The van der Waals surface area contributed by atoms with Gasteiger partial charge < -0.3 is 9.64 Å². The van der Waals surface area contributed by atoms with Gasteiger partial charge in [0, 0.05) is 61.8 Å². The molecular weight excluding hydrogens is 400 g/mol. The van der Waals surface area contributed by atoms with Gasteiger partial charge in [-0.2, -0.15) is 5.26 Å². The van der Waals surface area contributed by atoms with Crippen molar-refractivity contribution in [2.75, 3.05) is 44.3 Å². The van der Waals surface area contributed by atoms with Crippen LogP contribution in [0.1, 0.15) is 18.4 Å². The Hall–Kier alpha value is -3.34. The number of hydrogen-bond donors (Lipinski definition) is 0. The van der Waals surface area contributed by atoms with Gasteiger partial charge in [-0.05, 0) is 49.2 Å². The van der Waals surface area contributed by atoms with Crippen molar-refractivity contribution >= 4 is 5.82 Å². The van der Waals surface area contributed by atoms with Gasteiger partial charge in [0.25, 0.3) is 0 Å². The fourth-order valence-corrected chi connectivity index (χ4v) is 4.48. The Morgan fingerprint density at radius 3 is 2.41 bits per heavy atom. The molecule has 0 saturated carbocycles. The highest BCUT2D eigenvalue weighted by Gasteiger charge is 2.27. The highest BCUT2D eigenvalue weighted by atomic mass is 16.5. The van der Waals surface area contributed by atoms with Crippen LogP contribution in [0, 0.1) is 11.3 Å². The molecule has 1 aromatic carbocycles. The number of rotatable bonds is 4. The molecule has 0 unspecified atom stereocenters. The minimum atomic E-state index is 0.618. The van der Waals surface area contributed by atoms with Crippen LogP contribution < -0.4 is 4.90 Å². The van der Waals surface area contributed by atoms with E-state index in [-0.39, 0.29) is 0 Å². The van der Waals surface area contributed by atoms with E-state index in [1.807, 2.05) is 42.6 Å². The highest BCUT2D eigenvalue weighted by molar-refractivity contribution is 5.67. The van der Waals surface area contributed by atoms with Crippen LogP contribution in [0.4, 0.5) is 5.82 Å². The molecule has 32 heavy (non-hydrogen) atoms. The largest absolute Gasteiger partial charge is 0.379 e. The molecule has 7 heteroatoms. The topological polar surface area (TPSA) is 78.2 Å². The lowest BCUT2D eigenvalue weighted by Gasteiger charge is -2.40. The molecule has 0 amide bonds. The van der Waals surface area contributed by atoms with Crippen molar-refractivity contribution in [2.24, 2.45) is 0 Å². The van der Waals surface area contributed by atoms with E-state index >= 15 is 0 Å². The van der Waals surface area contributed by atoms with E-state index in [1.54, 1.807) is 6.20 Å². The number of morpholine rings is 1. The van der Waals surface area contributed by atoms with Gasteiger partial charge in [0.05, 0.1) is 30.5 Å². The average Bonchev–Trinajstić information content (AvgIpc) is 2.89. The van der Waals surface area contributed by atoms with Crippen LogP contribution in [0.3, 0.4) is 0 Å². The molecule has 0 aliphatic carbocycles. The first-order chi connectivity index (χ1) is 15.8. The summed E-state index contributed by atoms with van der Waals surface area (Å²) in [5.41, 5.74) is 3.36. The first-order valence-electron chi connectivity index (χ1n) is 11.2. The number of nitrogens with zero attached hydrogens (tertiary/aromatic N) is 6. The third-order valence-electron chi connectivity index (χ3n) is 6.29. The number of pyridine rings is 1. The minimum Gasteiger partial charge on any atom is -0.379 e. The maximum Gasteiger partial charge on any atom is 0.162 e. The average molecular weight is 427 g/mol. The predicted molar refractivity (Wildman–Crippen MR) is 123 cm³/mol. The van der Waals surface area contributed by atoms with E-state index in [1.165, 1.54) is 0 Å². The Morgan fingerprint density at radius 2 is 1.72 bits per heavy atom. The summed E-state index contributed by atoms with van der Waals surface area (Å²) in [5.74, 6) is 1.61. The number of ether oxygens (including phenoxy) is 1. The van der Waals surface area contributed by atoms with Crippen LogP contribution in [0.2, 0.25) is 0 Å². The summed E-state index contributed by atoms with van der Waals surface area (Å²) in [7, 11) is 0. The Kier molecular flexibility index (Phi) is 6.06. The lowest BCUT2D eigenvalue weighted by Crippen LogP contribution is -2.49. The lowest BCUT2D eigenvalue weighted by molar-refractivity contribution is 0.0115. The smallest absolute Gasteiger partial charge is 0.162 e. The molecule has 162 valence electrons. The third-order valence-corrected chi connectivity index (χ3v) is 6.29. The summed E-state index contributed by atoms with van der Waals surface area (Å²) in [6, 6.07) is 16.2. The predicted octanol–water partition coefficient (Wildman–Crippen LogP) is 3.38. The molecule has 2 aliphatic heterocycles. The van der Waals surface area contributed by atoms with E-state index < -0.39 is 0 Å². The SMILES string of the molecule is N#Cc1ccc(-c2nc(-c3cccnc3)cc(N3CCC(N4CCOCC4)CC3)n2)cc1. The van der Waals surface area contributed by atoms with Crippen LogP contribution in [0.25, 0.3) is 22.6 Å². The molecule has 2 aliphatic rings. The molecule has 0 spiro atoms. The summed E-state index contributed by atoms with van der Waals surface area (Å²) in [5, 5.41) is 9.12. The van der Waals surface area contributed by atoms with Gasteiger partial charge in [0.1, 0.15) is 5.82 Å². The number of hydrogen-bond acceptors (Lipinski definition) is 7. The zero-order valence-corrected chi connectivity index (χ0v) is 18.0. The highest BCUT2D eigenvalue weighted by Crippen LogP contribution is 2.28. The number of benzene rings is 1. The molecule has 0 N–H and O–H groups in total. The molecule has 0 atom stereocenters. The first kappa shape index (κ1) is 20.6. The number of piperidine rings is 1. The minimum absolute atomic E-state index is 0.618. The second-order valence-electron chi connectivity index (χ2n) is 8.23. The molecule has 3 aromatic rings. The summed E-state index contributed by atoms with van der Waals surface area (Å²) < 4.78 is 5.51. The van der Waals surface area contributed by atoms with Gasteiger partial charge in [-0.3, -0.25) is 9.88 Å². The first-order valence-corrected chi connectivity index (χ1v) is 11.2. The van der Waals surface area contributed by atoms with E-state index in [0.717, 1.165) is 74.9 Å². The van der Waals surface area contributed by atoms with Gasteiger partial charge >= 0.3 is 0 Å². The Morgan fingerprint density at radius 1 is 0.938 bits per heavy atom. The van der Waals surface area contributed by atoms with E-state index in [0.29, 0.717) is 17.4 Å². The maximum atomic E-state index is 9.12. The molecule has 2 saturated heterocycles. The van der Waals surface area contributed by atoms with Gasteiger partial charge in [0.15, 0.2) is 5.82 Å². The molecule has 2 fully saturated rings. The van der Waals surface area contributed by atoms with Gasteiger partial charge in [0.2, 0.25) is 0 Å². The van der Waals surface area contributed by atoms with Crippen molar-refractivity contribution in [1.29, 1.82) is 5.26 Å². The zero-order chi connectivity index (χ0) is 21.8. The molecule has 5 rings (SSSR count). The van der Waals surface area contributed by atoms with Crippen molar-refractivity contribution in [2.45, 2.75) is 18.9 Å². The third kappa shape index (κ3) is 4.47. The molecule has 0 bridgehead atoms. The molecule has 7 nitrogen and oxygen atoms in total. The molecular formula is C25H26N6O. The Labute approximate surface area is 188 Å². The van der Waals surface area contributed by atoms with Gasteiger partial charge in [-0.15, -0.1) is 0 Å². The summed E-state index contributed by atoms with van der Waals surface area (Å²) in [4.78, 5) is 19.0. The van der Waals surface area contributed by atoms with Gasteiger partial charge in [-0.25, -0.2) is 9.97 Å². The van der Waals surface area contributed by atoms with Crippen molar-refractivity contribution in [3.05, 3.63) is 60.4 Å². The Balaban J connectivity index is 1.43. The van der Waals surface area contributed by atoms with Crippen LogP contribution in [0.15, 0.2) is 54.9 Å². The summed E-state index contributed by atoms with van der Waals surface area (Å²) in [6.07, 6.45) is 5.85. The van der Waals surface area contributed by atoms with E-state index in [4.69, 9.17) is 20.0 Å². The van der Waals surface area contributed by atoms with Crippen LogP contribution in [-0.4, -0.2) is 65.3 Å². The van der Waals surface area contributed by atoms with E-state index in [2.05, 4.69) is 26.9 Å². The fraction of sp³-hybridized carbons (Fsp3) is 0.360. The number of nitriles is 1. The van der Waals surface area contributed by atoms with Crippen LogP contribution >= 0.6 is 0 Å². The zero-order valence-electron chi connectivity index (χ0n) is 18.0.